The van der Waals surface area contributed by atoms with Gasteiger partial charge in [0.05, 0.1) is 30.8 Å². The molecule has 8 nitrogen and oxygen atoms in total. The number of methoxy groups -OCH3 is 1. The summed E-state index contributed by atoms with van der Waals surface area (Å²) in [6.45, 7) is 0.253. The summed E-state index contributed by atoms with van der Waals surface area (Å²) in [5.41, 5.74) is 10.5. The fraction of sp³-hybridized carbons (Fsp3) is 0.250. The van der Waals surface area contributed by atoms with Crippen LogP contribution in [0.15, 0.2) is 60.7 Å². The molecule has 4 N–H and O–H groups in total. The van der Waals surface area contributed by atoms with Crippen LogP contribution in [0.5, 0.6) is 11.5 Å². The molecule has 3 aromatic carbocycles. The lowest BCUT2D eigenvalue weighted by Gasteiger charge is -2.27. The highest BCUT2D eigenvalue weighted by molar-refractivity contribution is 5.97. The lowest BCUT2D eigenvalue weighted by atomic mass is 9.93. The summed E-state index contributed by atoms with van der Waals surface area (Å²) in [7, 11) is 1.63. The van der Waals surface area contributed by atoms with Crippen LogP contribution in [-0.2, 0) is 17.8 Å². The fourth-order valence-electron chi connectivity index (χ4n) is 4.61. The van der Waals surface area contributed by atoms with Gasteiger partial charge in [-0.2, -0.15) is 5.10 Å². The van der Waals surface area contributed by atoms with Crippen molar-refractivity contribution in [3.05, 3.63) is 77.5 Å². The molecule has 36 heavy (non-hydrogen) atoms. The number of nitrogens with two attached hydrogens (primary N) is 1. The largest absolute Gasteiger partial charge is 0.496 e. The van der Waals surface area contributed by atoms with E-state index in [4.69, 9.17) is 25.7 Å². The van der Waals surface area contributed by atoms with Crippen LogP contribution in [0, 0.1) is 5.41 Å². The first-order valence-electron chi connectivity index (χ1n) is 11.9. The minimum atomic E-state index is -0.902. The molecular weight excluding hydrogens is 456 g/mol. The fourth-order valence-corrected chi connectivity index (χ4v) is 4.61. The predicted molar refractivity (Wildman–Crippen MR) is 138 cm³/mol. The Morgan fingerprint density at radius 2 is 1.94 bits per heavy atom. The average Bonchev–Trinajstić information content (AvgIpc) is 3.17. The van der Waals surface area contributed by atoms with Crippen LogP contribution in [0.1, 0.15) is 42.1 Å². The van der Waals surface area contributed by atoms with Gasteiger partial charge in [-0.3, -0.25) is 14.9 Å². The molecule has 0 aliphatic heterocycles. The first-order valence-corrected chi connectivity index (χ1v) is 11.9. The van der Waals surface area contributed by atoms with Crippen molar-refractivity contribution in [1.82, 2.24) is 9.78 Å². The maximum Gasteiger partial charge on any atom is 0.307 e. The van der Waals surface area contributed by atoms with Gasteiger partial charge in [0, 0.05) is 28.1 Å². The summed E-state index contributed by atoms with van der Waals surface area (Å²) < 4.78 is 14.0. The molecule has 184 valence electrons. The maximum absolute atomic E-state index is 11.3. The third-order valence-corrected chi connectivity index (χ3v) is 6.70. The van der Waals surface area contributed by atoms with Crippen molar-refractivity contribution >= 4 is 22.7 Å². The van der Waals surface area contributed by atoms with Crippen molar-refractivity contribution in [3.8, 4) is 22.6 Å². The number of nitrogens with one attached hydrogen (secondary N) is 1. The first kappa shape index (κ1) is 23.4. The van der Waals surface area contributed by atoms with Gasteiger partial charge in [0.25, 0.3) is 0 Å². The molecule has 0 atom stereocenters. The van der Waals surface area contributed by atoms with Gasteiger partial charge in [-0.1, -0.05) is 36.4 Å². The average molecular weight is 485 g/mol. The Hall–Kier alpha value is -4.33. The number of fused-ring (bicyclic) bond motifs is 1. The molecule has 1 heterocycles. The van der Waals surface area contributed by atoms with Crippen molar-refractivity contribution in [2.75, 3.05) is 7.11 Å². The van der Waals surface area contributed by atoms with E-state index in [0.717, 1.165) is 47.0 Å². The number of carbonyl (C=O) groups is 1. The summed E-state index contributed by atoms with van der Waals surface area (Å²) in [6.07, 6.45) is 3.17. The summed E-state index contributed by atoms with van der Waals surface area (Å²) in [4.78, 5) is 11.3. The number of hydrogen-bond donors (Lipinski definition) is 3. The summed E-state index contributed by atoms with van der Waals surface area (Å²) in [5.74, 6) is 0.336. The normalized spacial score (nSPS) is 13.4. The zero-order valence-corrected chi connectivity index (χ0v) is 20.0. The number of nitrogens with zero attached hydrogens (tertiary/aromatic N) is 2. The predicted octanol–water partition coefficient (Wildman–Crippen LogP) is 4.93. The Morgan fingerprint density at radius 3 is 2.64 bits per heavy atom. The molecule has 0 saturated heterocycles. The molecule has 0 radical (unpaired) electrons. The molecule has 0 amide bonds. The van der Waals surface area contributed by atoms with Gasteiger partial charge >= 0.3 is 5.97 Å². The quantitative estimate of drug-likeness (QED) is 0.229. The van der Waals surface area contributed by atoms with Gasteiger partial charge in [0.2, 0.25) is 0 Å². The number of benzene rings is 3. The smallest absolute Gasteiger partial charge is 0.307 e. The summed E-state index contributed by atoms with van der Waals surface area (Å²) in [6, 6.07) is 19.0. The van der Waals surface area contributed by atoms with Crippen LogP contribution in [-0.4, -0.2) is 33.8 Å². The monoisotopic (exact) mass is 484 g/mol. The van der Waals surface area contributed by atoms with E-state index in [0.29, 0.717) is 28.7 Å². The second-order valence-corrected chi connectivity index (χ2v) is 9.01. The van der Waals surface area contributed by atoms with Gasteiger partial charge in [-0.05, 0) is 43.0 Å². The number of nitrogen functional groups attached to an aromatic ring is 1. The second kappa shape index (κ2) is 9.73. The van der Waals surface area contributed by atoms with Crippen molar-refractivity contribution in [1.29, 1.82) is 5.41 Å². The van der Waals surface area contributed by atoms with Crippen molar-refractivity contribution < 1.29 is 19.4 Å². The van der Waals surface area contributed by atoms with Gasteiger partial charge in [0.1, 0.15) is 23.9 Å². The van der Waals surface area contributed by atoms with Crippen LogP contribution in [0.2, 0.25) is 0 Å². The van der Waals surface area contributed by atoms with Gasteiger partial charge < -0.3 is 20.3 Å². The van der Waals surface area contributed by atoms with Crippen LogP contribution >= 0.6 is 0 Å². The number of carboxylic acid groups (broad SMARTS) is 1. The number of carboxylic acids is 1. The minimum absolute atomic E-state index is 0.00353. The van der Waals surface area contributed by atoms with Gasteiger partial charge in [0.15, 0.2) is 0 Å². The number of rotatable bonds is 9. The number of amidine groups is 1. The molecule has 0 spiro atoms. The van der Waals surface area contributed by atoms with Crippen LogP contribution in [0.4, 0.5) is 0 Å². The third kappa shape index (κ3) is 4.49. The molecule has 5 rings (SSSR count). The van der Waals surface area contributed by atoms with Crippen molar-refractivity contribution in [2.45, 2.75) is 38.3 Å². The highest BCUT2D eigenvalue weighted by atomic mass is 16.5. The Labute approximate surface area is 208 Å². The lowest BCUT2D eigenvalue weighted by Crippen LogP contribution is -2.21. The standard InChI is InChI=1S/C28H28N4O4/c1-35-26-15-23-22(14-21(26)17-7-4-8-19(12-17)28(29)30)24(32(31-23)20-9-5-10-20)16-36-25-11-3-2-6-18(25)13-27(33)34/h2-4,6-8,11-12,14-15,20H,5,9-10,13,16H2,1H3,(H3,29,30)(H,33,34). The number of hydrogen-bond acceptors (Lipinski definition) is 5. The Balaban J connectivity index is 1.59. The van der Waals surface area contributed by atoms with E-state index in [9.17, 15) is 9.90 Å². The highest BCUT2D eigenvalue weighted by Crippen LogP contribution is 2.39. The van der Waals surface area contributed by atoms with E-state index in [1.165, 1.54) is 0 Å². The van der Waals surface area contributed by atoms with E-state index in [1.807, 2.05) is 36.4 Å². The van der Waals surface area contributed by atoms with E-state index in [-0.39, 0.29) is 18.9 Å². The van der Waals surface area contributed by atoms with E-state index >= 15 is 0 Å². The van der Waals surface area contributed by atoms with Crippen LogP contribution in [0.25, 0.3) is 22.0 Å². The maximum atomic E-state index is 11.3. The lowest BCUT2D eigenvalue weighted by molar-refractivity contribution is -0.136. The van der Waals surface area contributed by atoms with E-state index in [2.05, 4.69) is 10.7 Å². The Kier molecular flexibility index (Phi) is 6.33. The second-order valence-electron chi connectivity index (χ2n) is 9.01. The number of aromatic nitrogens is 2. The molecule has 0 bridgehead atoms. The number of para-hydroxylation sites is 1. The molecule has 1 saturated carbocycles. The first-order chi connectivity index (χ1) is 17.4. The molecule has 8 heteroatoms. The van der Waals surface area contributed by atoms with Crippen LogP contribution < -0.4 is 15.2 Å². The van der Waals surface area contributed by atoms with Gasteiger partial charge in [-0.15, -0.1) is 0 Å². The summed E-state index contributed by atoms with van der Waals surface area (Å²) in [5, 5.41) is 23.0. The SMILES string of the molecule is COc1cc2nn(C3CCC3)c(COc3ccccc3CC(=O)O)c2cc1-c1cccc(C(=N)N)c1. The molecule has 1 aliphatic carbocycles. The van der Waals surface area contributed by atoms with Crippen molar-refractivity contribution in [2.24, 2.45) is 5.73 Å². The van der Waals surface area contributed by atoms with E-state index in [1.54, 1.807) is 25.3 Å². The number of ether oxygens (including phenoxy) is 2. The van der Waals surface area contributed by atoms with Gasteiger partial charge in [-0.25, -0.2) is 0 Å². The zero-order valence-electron chi connectivity index (χ0n) is 20.0. The molecule has 0 unspecified atom stereocenters. The molecule has 4 aromatic rings. The number of aliphatic carboxylic acids is 1. The molecule has 1 fully saturated rings. The van der Waals surface area contributed by atoms with E-state index < -0.39 is 5.97 Å². The minimum Gasteiger partial charge on any atom is -0.496 e. The molecule has 1 aliphatic rings. The highest BCUT2D eigenvalue weighted by Gasteiger charge is 2.26. The Bertz CT molecular complexity index is 1460. The third-order valence-electron chi connectivity index (χ3n) is 6.70. The Morgan fingerprint density at radius 1 is 1.14 bits per heavy atom. The summed E-state index contributed by atoms with van der Waals surface area (Å²) >= 11 is 0. The zero-order chi connectivity index (χ0) is 25.2. The molecule has 1 aromatic heterocycles. The van der Waals surface area contributed by atoms with Crippen LogP contribution in [0.3, 0.4) is 0 Å². The molecular formula is C28H28N4O4. The van der Waals surface area contributed by atoms with Crippen molar-refractivity contribution in [3.63, 3.8) is 0 Å². The topological polar surface area (TPSA) is 123 Å².